The first-order valence-corrected chi connectivity index (χ1v) is 8.71. The van der Waals surface area contributed by atoms with E-state index in [2.05, 4.69) is 9.89 Å². The van der Waals surface area contributed by atoms with Crippen LogP contribution in [-0.4, -0.2) is 48.5 Å². The van der Waals surface area contributed by atoms with Gasteiger partial charge in [-0.05, 0) is 43.6 Å². The molecule has 2 rings (SSSR count). The summed E-state index contributed by atoms with van der Waals surface area (Å²) < 4.78 is 38.3. The summed E-state index contributed by atoms with van der Waals surface area (Å²) in [5, 5.41) is 0. The zero-order valence-electron chi connectivity index (χ0n) is 15.5. The van der Waals surface area contributed by atoms with Crippen LogP contribution in [-0.2, 0) is 6.18 Å². The van der Waals surface area contributed by atoms with Crippen molar-refractivity contribution in [2.75, 3.05) is 26.7 Å². The zero-order valence-corrected chi connectivity index (χ0v) is 17.8. The number of aliphatic imine (C=N–C) groups is 1. The van der Waals surface area contributed by atoms with Crippen molar-refractivity contribution < 1.29 is 13.2 Å². The van der Waals surface area contributed by atoms with Gasteiger partial charge < -0.3 is 10.6 Å². The van der Waals surface area contributed by atoms with Gasteiger partial charge >= 0.3 is 6.18 Å². The topological polar surface area (TPSA) is 44.9 Å². The van der Waals surface area contributed by atoms with E-state index < -0.39 is 11.7 Å². The Morgan fingerprint density at radius 1 is 1.19 bits per heavy atom. The molecule has 1 atom stereocenters. The largest absolute Gasteiger partial charge is 0.416 e. The number of likely N-dealkylation sites (N-methyl/N-ethyl adjacent to an activating group) is 1. The maximum Gasteiger partial charge on any atom is 0.416 e. The highest BCUT2D eigenvalue weighted by molar-refractivity contribution is 14.0. The minimum Gasteiger partial charge on any atom is -0.370 e. The second-order valence-corrected chi connectivity index (χ2v) is 6.40. The lowest BCUT2D eigenvalue weighted by Gasteiger charge is -2.29. The fourth-order valence-corrected chi connectivity index (χ4v) is 2.93. The van der Waals surface area contributed by atoms with Crippen LogP contribution in [0, 0.1) is 0 Å². The number of halogens is 4. The molecule has 1 unspecified atom stereocenters. The number of guanidine groups is 1. The number of rotatable bonds is 7. The Labute approximate surface area is 170 Å². The smallest absolute Gasteiger partial charge is 0.370 e. The molecule has 0 amide bonds. The van der Waals surface area contributed by atoms with Crippen LogP contribution in [0.25, 0.3) is 0 Å². The maximum atomic E-state index is 12.8. The van der Waals surface area contributed by atoms with Crippen LogP contribution in [0.15, 0.2) is 29.3 Å². The van der Waals surface area contributed by atoms with E-state index in [4.69, 9.17) is 5.73 Å². The van der Waals surface area contributed by atoms with E-state index in [0.29, 0.717) is 18.5 Å². The number of hydrogen-bond donors (Lipinski definition) is 1. The predicted octanol–water partition coefficient (Wildman–Crippen LogP) is 4.12. The van der Waals surface area contributed by atoms with Crippen molar-refractivity contribution >= 4 is 29.9 Å². The van der Waals surface area contributed by atoms with E-state index in [-0.39, 0.29) is 30.0 Å². The van der Waals surface area contributed by atoms with Gasteiger partial charge in [0, 0.05) is 13.1 Å². The number of nitrogens with two attached hydrogens (primary N) is 1. The van der Waals surface area contributed by atoms with Gasteiger partial charge in [-0.3, -0.25) is 9.89 Å². The first-order chi connectivity index (χ1) is 11.8. The highest BCUT2D eigenvalue weighted by atomic mass is 127. The van der Waals surface area contributed by atoms with Crippen LogP contribution in [0.1, 0.15) is 43.9 Å². The third kappa shape index (κ3) is 6.00. The maximum absolute atomic E-state index is 12.8. The van der Waals surface area contributed by atoms with E-state index in [9.17, 15) is 13.2 Å². The lowest BCUT2D eigenvalue weighted by molar-refractivity contribution is -0.137. The molecule has 0 heterocycles. The van der Waals surface area contributed by atoms with Crippen molar-refractivity contribution in [2.24, 2.45) is 10.7 Å². The molecule has 1 saturated carbocycles. The number of alkyl halides is 3. The SMILES string of the molecule is CCN(CC)C(CN=C(N)N(C)C1CC1)c1ccc(C(F)(F)F)cc1.I. The standard InChI is InChI=1S/C18H27F3N4.HI/c1-4-25(5-2)16(12-23-17(22)24(3)15-10-11-15)13-6-8-14(9-7-13)18(19,20)21;/h6-9,15-16H,4-5,10-12H2,1-3H3,(H2,22,23);1H. The molecular weight excluding hydrogens is 456 g/mol. The molecule has 4 nitrogen and oxygen atoms in total. The van der Waals surface area contributed by atoms with E-state index in [1.807, 2.05) is 25.8 Å². The first-order valence-electron chi connectivity index (χ1n) is 8.71. The molecule has 8 heteroatoms. The molecule has 1 aliphatic carbocycles. The third-order valence-electron chi connectivity index (χ3n) is 4.76. The van der Waals surface area contributed by atoms with Crippen molar-refractivity contribution in [1.82, 2.24) is 9.80 Å². The molecular formula is C18H28F3IN4. The second-order valence-electron chi connectivity index (χ2n) is 6.40. The predicted molar refractivity (Wildman–Crippen MR) is 110 cm³/mol. The Morgan fingerprint density at radius 3 is 2.15 bits per heavy atom. The molecule has 2 N–H and O–H groups in total. The van der Waals surface area contributed by atoms with Crippen molar-refractivity contribution in [3.05, 3.63) is 35.4 Å². The summed E-state index contributed by atoms with van der Waals surface area (Å²) in [6, 6.07) is 5.74. The van der Waals surface area contributed by atoms with Crippen molar-refractivity contribution in [3.8, 4) is 0 Å². The number of nitrogens with zero attached hydrogens (tertiary/aromatic N) is 3. The van der Waals surface area contributed by atoms with Crippen LogP contribution in [0.2, 0.25) is 0 Å². The van der Waals surface area contributed by atoms with Gasteiger partial charge in [0.05, 0.1) is 18.2 Å². The zero-order chi connectivity index (χ0) is 18.6. The van der Waals surface area contributed by atoms with E-state index >= 15 is 0 Å². The molecule has 0 bridgehead atoms. The average molecular weight is 484 g/mol. The summed E-state index contributed by atoms with van der Waals surface area (Å²) in [6.07, 6.45) is -2.06. The fourth-order valence-electron chi connectivity index (χ4n) is 2.93. The normalized spacial score (nSPS) is 16.3. The molecule has 0 radical (unpaired) electrons. The fraction of sp³-hybridized carbons (Fsp3) is 0.611. The average Bonchev–Trinajstić information content (AvgIpc) is 3.42. The summed E-state index contributed by atoms with van der Waals surface area (Å²) in [6.45, 7) is 6.07. The first kappa shape index (κ1) is 23.0. The summed E-state index contributed by atoms with van der Waals surface area (Å²) in [4.78, 5) is 8.66. The van der Waals surface area contributed by atoms with E-state index in [1.54, 1.807) is 12.1 Å². The summed E-state index contributed by atoms with van der Waals surface area (Å²) >= 11 is 0. The Hall–Kier alpha value is -1.03. The van der Waals surface area contributed by atoms with Gasteiger partial charge in [0.1, 0.15) is 0 Å². The molecule has 1 aliphatic rings. The summed E-state index contributed by atoms with van der Waals surface area (Å²) in [5.74, 6) is 0.492. The van der Waals surface area contributed by atoms with Gasteiger partial charge in [0.25, 0.3) is 0 Å². The minimum absolute atomic E-state index is 0. The molecule has 148 valence electrons. The molecule has 0 spiro atoms. The quantitative estimate of drug-likeness (QED) is 0.360. The van der Waals surface area contributed by atoms with Crippen molar-refractivity contribution in [3.63, 3.8) is 0 Å². The Kier molecular flexibility index (Phi) is 8.65. The van der Waals surface area contributed by atoms with Gasteiger partial charge in [0.2, 0.25) is 0 Å². The monoisotopic (exact) mass is 484 g/mol. The molecule has 1 fully saturated rings. The highest BCUT2D eigenvalue weighted by Crippen LogP contribution is 2.31. The van der Waals surface area contributed by atoms with E-state index in [1.165, 1.54) is 0 Å². The van der Waals surface area contributed by atoms with Crippen LogP contribution >= 0.6 is 24.0 Å². The summed E-state index contributed by atoms with van der Waals surface area (Å²) in [5.41, 5.74) is 6.25. The third-order valence-corrected chi connectivity index (χ3v) is 4.76. The molecule has 1 aromatic carbocycles. The molecule has 26 heavy (non-hydrogen) atoms. The van der Waals surface area contributed by atoms with Crippen LogP contribution in [0.3, 0.4) is 0 Å². The Bertz CT molecular complexity index is 581. The van der Waals surface area contributed by atoms with Gasteiger partial charge in [0.15, 0.2) is 5.96 Å². The van der Waals surface area contributed by atoms with Gasteiger partial charge in [-0.2, -0.15) is 13.2 Å². The Balaban J connectivity index is 0.00000338. The minimum atomic E-state index is -4.32. The number of benzene rings is 1. The molecule has 0 aliphatic heterocycles. The second kappa shape index (κ2) is 9.77. The number of hydrogen-bond acceptors (Lipinski definition) is 2. The van der Waals surface area contributed by atoms with Crippen molar-refractivity contribution in [1.29, 1.82) is 0 Å². The van der Waals surface area contributed by atoms with Crippen molar-refractivity contribution in [2.45, 2.75) is 44.9 Å². The van der Waals surface area contributed by atoms with Gasteiger partial charge in [-0.25, -0.2) is 0 Å². The molecule has 0 saturated heterocycles. The molecule has 1 aromatic rings. The highest BCUT2D eigenvalue weighted by Gasteiger charge is 2.31. The van der Waals surface area contributed by atoms with Crippen LogP contribution < -0.4 is 5.73 Å². The van der Waals surface area contributed by atoms with Crippen LogP contribution in [0.5, 0.6) is 0 Å². The van der Waals surface area contributed by atoms with Gasteiger partial charge in [-0.1, -0.05) is 26.0 Å². The molecule has 0 aromatic heterocycles. The van der Waals surface area contributed by atoms with Crippen LogP contribution in [0.4, 0.5) is 13.2 Å². The lowest BCUT2D eigenvalue weighted by Crippen LogP contribution is -2.37. The lowest BCUT2D eigenvalue weighted by atomic mass is 10.0. The van der Waals surface area contributed by atoms with E-state index in [0.717, 1.165) is 43.6 Å². The Morgan fingerprint density at radius 2 is 1.73 bits per heavy atom. The summed E-state index contributed by atoms with van der Waals surface area (Å²) in [7, 11) is 1.93. The van der Waals surface area contributed by atoms with Gasteiger partial charge in [-0.15, -0.1) is 24.0 Å².